The third-order valence-corrected chi connectivity index (χ3v) is 8.17. The first-order chi connectivity index (χ1) is 19.4. The molecule has 0 bridgehead atoms. The number of carbonyl (C=O) groups is 2. The van der Waals surface area contributed by atoms with Gasteiger partial charge in [0.25, 0.3) is 0 Å². The highest BCUT2D eigenvalue weighted by Crippen LogP contribution is 2.31. The van der Waals surface area contributed by atoms with Gasteiger partial charge in [-0.25, -0.2) is 8.42 Å². The van der Waals surface area contributed by atoms with Crippen LogP contribution in [0.1, 0.15) is 30.0 Å². The van der Waals surface area contributed by atoms with Crippen LogP contribution < -0.4 is 14.4 Å². The Morgan fingerprint density at radius 2 is 1.73 bits per heavy atom. The van der Waals surface area contributed by atoms with E-state index in [1.165, 1.54) is 12.0 Å². The zero-order valence-corrected chi connectivity index (χ0v) is 25.9. The van der Waals surface area contributed by atoms with Gasteiger partial charge in [-0.1, -0.05) is 72.6 Å². The van der Waals surface area contributed by atoms with Crippen LogP contribution in [0.2, 0.25) is 10.0 Å². The highest BCUT2D eigenvalue weighted by molar-refractivity contribution is 7.92. The zero-order valence-electron chi connectivity index (χ0n) is 23.6. The second-order valence-electron chi connectivity index (χ2n) is 9.70. The minimum atomic E-state index is -3.94. The number of amides is 2. The molecule has 11 heteroatoms. The molecule has 0 aliphatic carbocycles. The third-order valence-electron chi connectivity index (χ3n) is 6.46. The fourth-order valence-corrected chi connectivity index (χ4v) is 5.66. The van der Waals surface area contributed by atoms with Crippen molar-refractivity contribution in [2.24, 2.45) is 0 Å². The van der Waals surface area contributed by atoms with Gasteiger partial charge in [0, 0.05) is 29.6 Å². The van der Waals surface area contributed by atoms with Gasteiger partial charge in [0.15, 0.2) is 0 Å². The van der Waals surface area contributed by atoms with E-state index < -0.39 is 28.5 Å². The smallest absolute Gasteiger partial charge is 0.244 e. The van der Waals surface area contributed by atoms with Crippen LogP contribution in [0.5, 0.6) is 5.75 Å². The largest absolute Gasteiger partial charge is 0.495 e. The van der Waals surface area contributed by atoms with Crippen LogP contribution in [0.25, 0.3) is 0 Å². The molecule has 3 aromatic carbocycles. The summed E-state index contributed by atoms with van der Waals surface area (Å²) in [6.45, 7) is 3.56. The van der Waals surface area contributed by atoms with Gasteiger partial charge in [-0.3, -0.25) is 13.9 Å². The maximum Gasteiger partial charge on any atom is 0.244 e. The normalized spacial score (nSPS) is 12.0. The summed E-state index contributed by atoms with van der Waals surface area (Å²) in [5.41, 5.74) is 2.41. The molecule has 1 N–H and O–H groups in total. The second-order valence-corrected chi connectivity index (χ2v) is 12.4. The van der Waals surface area contributed by atoms with E-state index in [1.54, 1.807) is 36.4 Å². The lowest BCUT2D eigenvalue weighted by Gasteiger charge is -2.34. The molecule has 0 aromatic heterocycles. The molecule has 0 saturated carbocycles. The number of benzene rings is 3. The van der Waals surface area contributed by atoms with Gasteiger partial charge in [0.2, 0.25) is 21.8 Å². The Balaban J connectivity index is 2.11. The molecule has 220 valence electrons. The van der Waals surface area contributed by atoms with Gasteiger partial charge in [-0.05, 0) is 54.3 Å². The van der Waals surface area contributed by atoms with Crippen LogP contribution in [0.15, 0.2) is 66.7 Å². The van der Waals surface area contributed by atoms with Crippen molar-refractivity contribution in [3.63, 3.8) is 0 Å². The van der Waals surface area contributed by atoms with E-state index in [2.05, 4.69) is 5.32 Å². The summed E-state index contributed by atoms with van der Waals surface area (Å²) < 4.78 is 32.5. The lowest BCUT2D eigenvalue weighted by atomic mass is 10.0. The number of hydrogen-bond donors (Lipinski definition) is 1. The molecule has 0 heterocycles. The van der Waals surface area contributed by atoms with Crippen molar-refractivity contribution in [2.75, 3.05) is 30.8 Å². The number of rotatable bonds is 13. The number of ether oxygens (including phenoxy) is 1. The van der Waals surface area contributed by atoms with Gasteiger partial charge < -0.3 is 15.0 Å². The molecule has 3 aromatic rings. The number of aryl methyl sites for hydroxylation is 1. The Bertz CT molecular complexity index is 1470. The third kappa shape index (κ3) is 8.86. The van der Waals surface area contributed by atoms with E-state index >= 15 is 0 Å². The van der Waals surface area contributed by atoms with Crippen LogP contribution in [0, 0.1) is 6.92 Å². The van der Waals surface area contributed by atoms with E-state index in [4.69, 9.17) is 27.9 Å². The summed E-state index contributed by atoms with van der Waals surface area (Å²) in [6, 6.07) is 18.3. The molecule has 2 amide bonds. The summed E-state index contributed by atoms with van der Waals surface area (Å²) in [5, 5.41) is 3.65. The van der Waals surface area contributed by atoms with Crippen LogP contribution in [0.4, 0.5) is 5.69 Å². The fourth-order valence-electron chi connectivity index (χ4n) is 4.34. The van der Waals surface area contributed by atoms with E-state index in [0.717, 1.165) is 21.7 Å². The summed E-state index contributed by atoms with van der Waals surface area (Å²) in [7, 11) is -2.51. The lowest BCUT2D eigenvalue weighted by Crippen LogP contribution is -2.53. The van der Waals surface area contributed by atoms with Crippen molar-refractivity contribution in [3.05, 3.63) is 93.5 Å². The van der Waals surface area contributed by atoms with E-state index in [-0.39, 0.29) is 24.6 Å². The van der Waals surface area contributed by atoms with Gasteiger partial charge in [-0.2, -0.15) is 0 Å². The highest BCUT2D eigenvalue weighted by atomic mass is 35.5. The van der Waals surface area contributed by atoms with Crippen LogP contribution >= 0.6 is 23.2 Å². The predicted octanol–water partition coefficient (Wildman–Crippen LogP) is 5.24. The highest BCUT2D eigenvalue weighted by Gasteiger charge is 2.34. The number of nitrogens with zero attached hydrogens (tertiary/aromatic N) is 2. The Kier molecular flexibility index (Phi) is 11.5. The summed E-state index contributed by atoms with van der Waals surface area (Å²) in [6.07, 6.45) is 1.94. The lowest BCUT2D eigenvalue weighted by molar-refractivity contribution is -0.140. The molecule has 0 saturated heterocycles. The number of methoxy groups -OCH3 is 1. The molecule has 0 aliphatic heterocycles. The molecule has 1 unspecified atom stereocenters. The molecule has 0 spiro atoms. The first-order valence-electron chi connectivity index (χ1n) is 13.1. The quantitative estimate of drug-likeness (QED) is 0.282. The summed E-state index contributed by atoms with van der Waals surface area (Å²) in [5.74, 6) is -0.645. The molecule has 41 heavy (non-hydrogen) atoms. The zero-order chi connectivity index (χ0) is 30.2. The van der Waals surface area contributed by atoms with E-state index in [1.807, 2.05) is 44.2 Å². The molecule has 0 radical (unpaired) electrons. The molecule has 1 atom stereocenters. The van der Waals surface area contributed by atoms with Crippen LogP contribution in [-0.4, -0.2) is 57.6 Å². The molecule has 3 rings (SSSR count). The van der Waals surface area contributed by atoms with Crippen molar-refractivity contribution < 1.29 is 22.7 Å². The number of carbonyl (C=O) groups excluding carboxylic acids is 2. The van der Waals surface area contributed by atoms with Crippen LogP contribution in [0.3, 0.4) is 0 Å². The van der Waals surface area contributed by atoms with Gasteiger partial charge in [0.1, 0.15) is 18.3 Å². The average Bonchev–Trinajstić information content (AvgIpc) is 2.93. The molecule has 8 nitrogen and oxygen atoms in total. The molecular weight excluding hydrogens is 585 g/mol. The topological polar surface area (TPSA) is 96.0 Å². The van der Waals surface area contributed by atoms with Crippen molar-refractivity contribution in [1.29, 1.82) is 0 Å². The Morgan fingerprint density at radius 3 is 2.34 bits per heavy atom. The number of anilines is 1. The van der Waals surface area contributed by atoms with Crippen molar-refractivity contribution in [1.82, 2.24) is 10.2 Å². The Labute approximate surface area is 252 Å². The summed E-state index contributed by atoms with van der Waals surface area (Å²) >= 11 is 12.6. The minimum Gasteiger partial charge on any atom is -0.495 e. The Hall–Kier alpha value is -3.27. The van der Waals surface area contributed by atoms with Gasteiger partial charge in [0.05, 0.1) is 19.1 Å². The fraction of sp³-hybridized carbons (Fsp3) is 0.333. The second kappa shape index (κ2) is 14.6. The van der Waals surface area contributed by atoms with E-state index in [9.17, 15) is 18.0 Å². The van der Waals surface area contributed by atoms with Gasteiger partial charge in [-0.15, -0.1) is 0 Å². The van der Waals surface area contributed by atoms with E-state index in [0.29, 0.717) is 34.3 Å². The molecular formula is C30H35Cl2N3O5S. The SMILES string of the molecule is CCCNC(=O)C(Cc1ccccc1)N(Cc1ccc(Cl)cc1Cl)C(=O)CN(c1cc(C)ccc1OC)S(C)(=O)=O. The van der Waals surface area contributed by atoms with Crippen LogP contribution in [-0.2, 0) is 32.6 Å². The minimum absolute atomic E-state index is 0.0472. The molecule has 0 aliphatic rings. The van der Waals surface area contributed by atoms with Gasteiger partial charge >= 0.3 is 0 Å². The van der Waals surface area contributed by atoms with Crippen molar-refractivity contribution in [2.45, 2.75) is 39.3 Å². The average molecular weight is 621 g/mol. The number of halogens is 2. The monoisotopic (exact) mass is 619 g/mol. The standard InChI is InChI=1S/C30H35Cl2N3O5S/c1-5-15-33-30(37)27(17-22-9-7-6-8-10-22)34(19-23-12-13-24(31)18-25(23)32)29(36)20-35(41(4,38)39)26-16-21(2)11-14-28(26)40-3/h6-14,16,18,27H,5,15,17,19-20H2,1-4H3,(H,33,37). The molecule has 0 fully saturated rings. The maximum absolute atomic E-state index is 14.2. The first-order valence-corrected chi connectivity index (χ1v) is 15.7. The number of sulfonamides is 1. The number of hydrogen-bond acceptors (Lipinski definition) is 5. The summed E-state index contributed by atoms with van der Waals surface area (Å²) in [4.78, 5) is 29.1. The Morgan fingerprint density at radius 1 is 1.02 bits per heavy atom. The maximum atomic E-state index is 14.2. The number of nitrogens with one attached hydrogen (secondary N) is 1. The van der Waals surface area contributed by atoms with Crippen molar-refractivity contribution in [3.8, 4) is 5.75 Å². The van der Waals surface area contributed by atoms with Crippen molar-refractivity contribution >= 4 is 50.7 Å². The first kappa shape index (κ1) is 32.2. The predicted molar refractivity (Wildman–Crippen MR) is 164 cm³/mol.